The molecule has 2 aromatic rings. The smallest absolute Gasteiger partial charge is 0.260 e. The highest BCUT2D eigenvalue weighted by Gasteiger charge is 2.24. The lowest BCUT2D eigenvalue weighted by Crippen LogP contribution is -2.48. The second-order valence-electron chi connectivity index (χ2n) is 7.42. The van der Waals surface area contributed by atoms with E-state index in [-0.39, 0.29) is 24.5 Å². The van der Waals surface area contributed by atoms with E-state index in [9.17, 15) is 9.59 Å². The molecule has 0 spiro atoms. The topological polar surface area (TPSA) is 58.6 Å². The van der Waals surface area contributed by atoms with Gasteiger partial charge in [0.2, 0.25) is 5.91 Å². The van der Waals surface area contributed by atoms with Crippen LogP contribution < -0.4 is 10.1 Å². The summed E-state index contributed by atoms with van der Waals surface area (Å²) in [6, 6.07) is 15.7. The van der Waals surface area contributed by atoms with Crippen LogP contribution in [0.15, 0.2) is 48.5 Å². The summed E-state index contributed by atoms with van der Waals surface area (Å²) in [6.45, 7) is 5.41. The van der Waals surface area contributed by atoms with Gasteiger partial charge in [-0.15, -0.1) is 0 Å². The predicted molar refractivity (Wildman–Crippen MR) is 109 cm³/mol. The van der Waals surface area contributed by atoms with Crippen molar-refractivity contribution in [2.24, 2.45) is 0 Å². The highest BCUT2D eigenvalue weighted by molar-refractivity contribution is 5.79. The Balaban J connectivity index is 1.40. The third-order valence-electron chi connectivity index (χ3n) is 5.26. The predicted octanol–water partition coefficient (Wildman–Crippen LogP) is 3.03. The molecule has 1 aliphatic heterocycles. The molecule has 0 aliphatic carbocycles. The van der Waals surface area contributed by atoms with Crippen molar-refractivity contribution in [1.82, 2.24) is 10.2 Å². The number of hydrogen-bond acceptors (Lipinski definition) is 3. The molecule has 1 heterocycles. The number of likely N-dealkylation sites (tertiary alicyclic amines) is 1. The number of nitrogens with one attached hydrogen (secondary N) is 1. The molecule has 0 unspecified atom stereocenters. The van der Waals surface area contributed by atoms with Crippen molar-refractivity contribution in [3.05, 3.63) is 65.2 Å². The Kier molecular flexibility index (Phi) is 6.69. The standard InChI is InChI=1S/C23H28N2O3/c1-17-8-9-21(14-18(17)2)28-16-23(27)25-12-10-20(11-13-25)24-22(26)15-19-6-4-3-5-7-19/h3-9,14,20H,10-13,15-16H2,1-2H3,(H,24,26). The van der Waals surface area contributed by atoms with Crippen LogP contribution >= 0.6 is 0 Å². The second kappa shape index (κ2) is 9.40. The van der Waals surface area contributed by atoms with E-state index in [2.05, 4.69) is 5.32 Å². The zero-order valence-corrected chi connectivity index (χ0v) is 16.6. The SMILES string of the molecule is Cc1ccc(OCC(=O)N2CCC(NC(=O)Cc3ccccc3)CC2)cc1C. The average Bonchev–Trinajstić information content (AvgIpc) is 2.70. The Morgan fingerprint density at radius 2 is 1.75 bits per heavy atom. The molecule has 28 heavy (non-hydrogen) atoms. The first-order valence-electron chi connectivity index (χ1n) is 9.82. The van der Waals surface area contributed by atoms with Gasteiger partial charge in [0.15, 0.2) is 6.61 Å². The van der Waals surface area contributed by atoms with Gasteiger partial charge in [-0.3, -0.25) is 9.59 Å². The summed E-state index contributed by atoms with van der Waals surface area (Å²) in [5.74, 6) is 0.751. The maximum atomic E-state index is 12.4. The van der Waals surface area contributed by atoms with E-state index < -0.39 is 0 Å². The number of nitrogens with zero attached hydrogens (tertiary/aromatic N) is 1. The molecule has 0 radical (unpaired) electrons. The van der Waals surface area contributed by atoms with Gasteiger partial charge in [-0.2, -0.15) is 0 Å². The number of carbonyl (C=O) groups is 2. The van der Waals surface area contributed by atoms with Crippen molar-refractivity contribution in [1.29, 1.82) is 0 Å². The molecule has 0 bridgehead atoms. The quantitative estimate of drug-likeness (QED) is 0.838. The van der Waals surface area contributed by atoms with E-state index in [4.69, 9.17) is 4.74 Å². The fourth-order valence-electron chi connectivity index (χ4n) is 3.37. The number of ether oxygens (including phenoxy) is 1. The Morgan fingerprint density at radius 1 is 1.04 bits per heavy atom. The molecule has 2 aromatic carbocycles. The van der Waals surface area contributed by atoms with Gasteiger partial charge in [0.1, 0.15) is 5.75 Å². The summed E-state index contributed by atoms with van der Waals surface area (Å²) in [7, 11) is 0. The fourth-order valence-corrected chi connectivity index (χ4v) is 3.37. The molecule has 148 valence electrons. The van der Waals surface area contributed by atoms with Gasteiger partial charge < -0.3 is 15.0 Å². The van der Waals surface area contributed by atoms with E-state index in [0.29, 0.717) is 19.5 Å². The van der Waals surface area contributed by atoms with Crippen LogP contribution in [0.4, 0.5) is 0 Å². The molecule has 1 N–H and O–H groups in total. The van der Waals surface area contributed by atoms with Crippen molar-refractivity contribution in [2.75, 3.05) is 19.7 Å². The van der Waals surface area contributed by atoms with Crippen LogP contribution in [0, 0.1) is 13.8 Å². The number of hydrogen-bond donors (Lipinski definition) is 1. The van der Waals surface area contributed by atoms with Crippen LogP contribution in [0.3, 0.4) is 0 Å². The molecule has 1 aliphatic rings. The van der Waals surface area contributed by atoms with E-state index in [1.807, 2.05) is 67.3 Å². The first-order valence-corrected chi connectivity index (χ1v) is 9.82. The van der Waals surface area contributed by atoms with Crippen molar-refractivity contribution in [2.45, 2.75) is 39.2 Å². The highest BCUT2D eigenvalue weighted by Crippen LogP contribution is 2.17. The van der Waals surface area contributed by atoms with Gasteiger partial charge in [0.05, 0.1) is 6.42 Å². The average molecular weight is 380 g/mol. The summed E-state index contributed by atoms with van der Waals surface area (Å²) >= 11 is 0. The van der Waals surface area contributed by atoms with Crippen LogP contribution in [0.5, 0.6) is 5.75 Å². The maximum absolute atomic E-state index is 12.4. The lowest BCUT2D eigenvalue weighted by atomic mass is 10.0. The van der Waals surface area contributed by atoms with Crippen molar-refractivity contribution >= 4 is 11.8 Å². The zero-order chi connectivity index (χ0) is 19.9. The third kappa shape index (κ3) is 5.59. The maximum Gasteiger partial charge on any atom is 0.260 e. The van der Waals surface area contributed by atoms with E-state index in [1.165, 1.54) is 5.56 Å². The number of benzene rings is 2. The van der Waals surface area contributed by atoms with Crippen molar-refractivity contribution in [3.63, 3.8) is 0 Å². The molecular formula is C23H28N2O3. The van der Waals surface area contributed by atoms with Gasteiger partial charge >= 0.3 is 0 Å². The monoisotopic (exact) mass is 380 g/mol. The Morgan fingerprint density at radius 3 is 2.43 bits per heavy atom. The number of aryl methyl sites for hydroxylation is 2. The molecule has 1 saturated heterocycles. The summed E-state index contributed by atoms with van der Waals surface area (Å²) < 4.78 is 5.65. The Bertz CT molecular complexity index is 812. The number of amides is 2. The molecule has 0 aromatic heterocycles. The summed E-state index contributed by atoms with van der Waals surface area (Å²) in [6.07, 6.45) is 1.94. The first kappa shape index (κ1) is 19.9. The van der Waals surface area contributed by atoms with E-state index in [1.54, 1.807) is 0 Å². The van der Waals surface area contributed by atoms with Gasteiger partial charge in [0.25, 0.3) is 5.91 Å². The van der Waals surface area contributed by atoms with Gasteiger partial charge in [0, 0.05) is 19.1 Å². The van der Waals surface area contributed by atoms with Gasteiger partial charge in [-0.05, 0) is 55.5 Å². The minimum Gasteiger partial charge on any atom is -0.484 e. The van der Waals surface area contributed by atoms with E-state index in [0.717, 1.165) is 29.7 Å². The number of carbonyl (C=O) groups excluding carboxylic acids is 2. The highest BCUT2D eigenvalue weighted by atomic mass is 16.5. The normalized spacial score (nSPS) is 14.6. The molecule has 5 nitrogen and oxygen atoms in total. The molecule has 2 amide bonds. The minimum absolute atomic E-state index is 0.00714. The lowest BCUT2D eigenvalue weighted by molar-refractivity contribution is -0.134. The molecular weight excluding hydrogens is 352 g/mol. The molecule has 0 atom stereocenters. The molecule has 0 saturated carbocycles. The summed E-state index contributed by atoms with van der Waals surface area (Å²) in [5.41, 5.74) is 3.36. The first-order chi connectivity index (χ1) is 13.5. The number of piperidine rings is 1. The van der Waals surface area contributed by atoms with Crippen LogP contribution in [0.25, 0.3) is 0 Å². The van der Waals surface area contributed by atoms with Crippen LogP contribution in [0.1, 0.15) is 29.5 Å². The summed E-state index contributed by atoms with van der Waals surface area (Å²) in [4.78, 5) is 26.4. The van der Waals surface area contributed by atoms with Gasteiger partial charge in [-0.1, -0.05) is 36.4 Å². The summed E-state index contributed by atoms with van der Waals surface area (Å²) in [5, 5.41) is 3.09. The Labute approximate surface area is 166 Å². The van der Waals surface area contributed by atoms with Crippen LogP contribution in [0.2, 0.25) is 0 Å². The molecule has 5 heteroatoms. The molecule has 3 rings (SSSR count). The molecule has 1 fully saturated rings. The zero-order valence-electron chi connectivity index (χ0n) is 16.6. The van der Waals surface area contributed by atoms with Crippen molar-refractivity contribution < 1.29 is 14.3 Å². The van der Waals surface area contributed by atoms with Crippen LogP contribution in [-0.2, 0) is 16.0 Å². The number of rotatable bonds is 6. The Hall–Kier alpha value is -2.82. The van der Waals surface area contributed by atoms with Crippen LogP contribution in [-0.4, -0.2) is 42.5 Å². The second-order valence-corrected chi connectivity index (χ2v) is 7.42. The van der Waals surface area contributed by atoms with Gasteiger partial charge in [-0.25, -0.2) is 0 Å². The lowest BCUT2D eigenvalue weighted by Gasteiger charge is -2.32. The van der Waals surface area contributed by atoms with Crippen molar-refractivity contribution in [3.8, 4) is 5.75 Å². The van der Waals surface area contributed by atoms with E-state index >= 15 is 0 Å². The minimum atomic E-state index is -0.00714. The fraction of sp³-hybridized carbons (Fsp3) is 0.391. The third-order valence-corrected chi connectivity index (χ3v) is 5.26. The largest absolute Gasteiger partial charge is 0.484 e.